The van der Waals surface area contributed by atoms with Crippen LogP contribution < -0.4 is 51.1 Å². The molecule has 20 heterocycles. The summed E-state index contributed by atoms with van der Waals surface area (Å²) in [5.74, 6) is -1.44. The largest absolute Gasteiger partial charge is 0.395 e. The molecule has 690 valence electrons. The number of halogens is 10. The fourth-order valence-electron chi connectivity index (χ4n) is 17.4. The third-order valence-electron chi connectivity index (χ3n) is 23.9. The van der Waals surface area contributed by atoms with Crippen LogP contribution in [0, 0.1) is 52.6 Å². The third-order valence-corrected chi connectivity index (χ3v) is 24.7. The lowest BCUT2D eigenvalue weighted by atomic mass is 9.74. The highest BCUT2D eigenvalue weighted by molar-refractivity contribution is 6.34. The number of nitrogens with zero attached hydrogens (tertiary/aromatic N) is 20. The predicted molar refractivity (Wildman–Crippen MR) is 492 cm³/mol. The van der Waals surface area contributed by atoms with Crippen molar-refractivity contribution < 1.29 is 46.1 Å². The van der Waals surface area contributed by atoms with Gasteiger partial charge >= 0.3 is 0 Å². The van der Waals surface area contributed by atoms with Gasteiger partial charge in [0.05, 0.1) is 68.4 Å². The van der Waals surface area contributed by atoms with E-state index in [0.29, 0.717) is 191 Å². The second-order valence-corrected chi connectivity index (χ2v) is 35.1. The number of aliphatic hydroxyl groups excluding tert-OH is 2. The van der Waals surface area contributed by atoms with Gasteiger partial charge in [-0.05, 0) is 123 Å². The van der Waals surface area contributed by atoms with E-state index in [0.717, 1.165) is 75.8 Å². The maximum Gasteiger partial charge on any atom is 0.181 e. The number of aromatic amines is 5. The highest BCUT2D eigenvalue weighted by atomic mass is 35.5. The molecule has 0 bridgehead atoms. The summed E-state index contributed by atoms with van der Waals surface area (Å²) in [5, 5.41) is 84.8. The molecule has 6 aliphatic rings. The van der Waals surface area contributed by atoms with Gasteiger partial charge in [-0.15, -0.1) is 0 Å². The molecule has 21 rings (SSSR count). The Labute approximate surface area is 766 Å². The van der Waals surface area contributed by atoms with Gasteiger partial charge < -0.3 is 66.4 Å². The smallest absolute Gasteiger partial charge is 0.181 e. The molecule has 15 aromatic heterocycles. The maximum absolute atomic E-state index is 14.7. The van der Waals surface area contributed by atoms with E-state index in [1.165, 1.54) is 18.2 Å². The first-order chi connectivity index (χ1) is 63.9. The second-order valence-electron chi connectivity index (χ2n) is 33.9. The first-order valence-electron chi connectivity index (χ1n) is 43.6. The van der Waals surface area contributed by atoms with Crippen molar-refractivity contribution in [3.05, 3.63) is 178 Å². The fraction of sp³-hybridized carbons (Fsp3) is 0.382. The minimum atomic E-state index is -0.774. The average molecular weight is 1870 g/mol. The van der Waals surface area contributed by atoms with Crippen LogP contribution in [0.2, 0.25) is 15.1 Å². The van der Waals surface area contributed by atoms with Crippen LogP contribution in [0.1, 0.15) is 59.8 Å². The minimum Gasteiger partial charge on any atom is -0.395 e. The Morgan fingerprint density at radius 3 is 0.894 bits per heavy atom. The van der Waals surface area contributed by atoms with Gasteiger partial charge in [0.15, 0.2) is 80.6 Å². The first kappa shape index (κ1) is 91.8. The van der Waals surface area contributed by atoms with Gasteiger partial charge in [0.1, 0.15) is 45.9 Å². The van der Waals surface area contributed by atoms with E-state index >= 15 is 0 Å². The number of hydrogen-bond donors (Lipinski definition) is 13. The average Bonchev–Trinajstić information content (AvgIpc) is 1.75. The fourth-order valence-corrected chi connectivity index (χ4v) is 18.2. The predicted octanol–water partition coefficient (Wildman–Crippen LogP) is 11.9. The zero-order valence-electron chi connectivity index (χ0n) is 72.2. The highest BCUT2D eigenvalue weighted by Crippen LogP contribution is 2.41. The van der Waals surface area contributed by atoms with Crippen LogP contribution in [0.25, 0.3) is 112 Å². The molecule has 33 nitrogen and oxygen atoms in total. The van der Waals surface area contributed by atoms with Crippen LogP contribution in [0.4, 0.5) is 59.8 Å². The number of hydrogen-bond acceptors (Lipinski definition) is 28. The summed E-state index contributed by atoms with van der Waals surface area (Å²) in [4.78, 5) is 52.6. The minimum absolute atomic E-state index is 0.00835. The van der Waals surface area contributed by atoms with Crippen molar-refractivity contribution in [1.82, 2.24) is 127 Å². The molecule has 1 unspecified atom stereocenters. The van der Waals surface area contributed by atoms with E-state index < -0.39 is 46.3 Å². The van der Waals surface area contributed by atoms with Crippen LogP contribution in [0.15, 0.2) is 122 Å². The summed E-state index contributed by atoms with van der Waals surface area (Å²) in [6.45, 7) is 18.4. The molecule has 13 N–H and O–H groups in total. The van der Waals surface area contributed by atoms with E-state index in [9.17, 15) is 46.1 Å². The van der Waals surface area contributed by atoms with Crippen molar-refractivity contribution in [3.63, 3.8) is 0 Å². The van der Waals surface area contributed by atoms with Crippen molar-refractivity contribution in [2.75, 3.05) is 136 Å². The van der Waals surface area contributed by atoms with E-state index in [2.05, 4.69) is 160 Å². The Bertz CT molecular complexity index is 6280. The summed E-state index contributed by atoms with van der Waals surface area (Å²) < 4.78 is 102. The Morgan fingerprint density at radius 2 is 0.614 bits per heavy atom. The van der Waals surface area contributed by atoms with Gasteiger partial charge in [0, 0.05) is 192 Å². The highest BCUT2D eigenvalue weighted by Gasteiger charge is 2.45. The lowest BCUT2D eigenvalue weighted by Crippen LogP contribution is -2.64. The topological polar surface area (TPSA) is 409 Å². The van der Waals surface area contributed by atoms with Crippen molar-refractivity contribution in [1.29, 1.82) is 0 Å². The van der Waals surface area contributed by atoms with Gasteiger partial charge in [-0.1, -0.05) is 62.5 Å². The van der Waals surface area contributed by atoms with Crippen molar-refractivity contribution in [2.45, 2.75) is 95.6 Å². The summed E-state index contributed by atoms with van der Waals surface area (Å²) in [6, 6.07) is 23.7. The van der Waals surface area contributed by atoms with Gasteiger partial charge in [0.25, 0.3) is 0 Å². The number of anilines is 5. The number of piperazine rings is 5. The van der Waals surface area contributed by atoms with Gasteiger partial charge in [-0.25, -0.2) is 80.6 Å². The Hall–Kier alpha value is -12.1. The lowest BCUT2D eigenvalue weighted by molar-refractivity contribution is -0.0650. The molecule has 6 fully saturated rings. The van der Waals surface area contributed by atoms with Crippen LogP contribution in [0.3, 0.4) is 0 Å². The quantitative estimate of drug-likeness (QED) is 0.0377. The van der Waals surface area contributed by atoms with Crippen molar-refractivity contribution >= 4 is 119 Å². The zero-order valence-corrected chi connectivity index (χ0v) is 74.5. The number of aromatic nitrogens is 20. The summed E-state index contributed by atoms with van der Waals surface area (Å²) in [6.07, 6.45) is 12.8. The van der Waals surface area contributed by atoms with Crippen molar-refractivity contribution in [3.8, 4) is 56.9 Å². The number of rotatable bonds is 17. The normalized spacial score (nSPS) is 18.7. The Morgan fingerprint density at radius 1 is 0.356 bits per heavy atom. The number of pyridine rings is 10. The van der Waals surface area contributed by atoms with Gasteiger partial charge in [-0.2, -0.15) is 25.5 Å². The number of aliphatic hydroxyl groups is 3. The molecular formula is C89H96Cl3F7N30O3. The van der Waals surface area contributed by atoms with E-state index in [4.69, 9.17) is 34.8 Å². The monoisotopic (exact) mass is 1870 g/mol. The first-order valence-corrected chi connectivity index (χ1v) is 44.7. The second kappa shape index (κ2) is 40.6. The van der Waals surface area contributed by atoms with Gasteiger partial charge in [-0.3, -0.25) is 25.5 Å². The van der Waals surface area contributed by atoms with Crippen LogP contribution >= 0.6 is 34.8 Å². The summed E-state index contributed by atoms with van der Waals surface area (Å²) >= 11 is 19.0. The molecule has 0 amide bonds. The summed E-state index contributed by atoms with van der Waals surface area (Å²) in [7, 11) is 0. The Balaban J connectivity index is 0.000000115. The van der Waals surface area contributed by atoms with E-state index in [1.54, 1.807) is 78.3 Å². The molecule has 5 atom stereocenters. The SMILES string of the molecule is CC(C)C[C@@H]1CN(c2nc(-c3[nH]nc4ncccc34)c(F)cc2Cl)CCN1.CC(C)C[C@@H]1CN(c2nc(-c3[nH]nc4ncccc34)c(F)cc2F)CCN1.OC1(C2CN(c3nc(-c4[nH]nc5ncccc45)c(F)cc3Cl)CCN2)CCC1.OC[C@@H]1CN(c2nc(-c3[nH]nc4ncccc34)c(F)cc2Cl)CCN1.OC[C@@H]1CN(c2nc(-c3[nH]nc4ncccc34)c(F)cc2F)CCN1. The number of nitrogens with one attached hydrogen (secondary N) is 10. The molecule has 15 aromatic rings. The molecule has 1 aliphatic carbocycles. The summed E-state index contributed by atoms with van der Waals surface area (Å²) in [5.41, 5.74) is 4.55. The maximum atomic E-state index is 14.7. The zero-order chi connectivity index (χ0) is 92.0. The molecule has 1 saturated carbocycles. The van der Waals surface area contributed by atoms with Gasteiger partial charge in [0.2, 0.25) is 0 Å². The molecule has 0 spiro atoms. The molecular weight excluding hydrogens is 1780 g/mol. The van der Waals surface area contributed by atoms with Crippen LogP contribution in [-0.4, -0.2) is 263 Å². The van der Waals surface area contributed by atoms with Crippen molar-refractivity contribution in [2.24, 2.45) is 11.8 Å². The molecule has 0 radical (unpaired) electrons. The number of fused-ring (bicyclic) bond motifs is 5. The standard InChI is InChI=1S/C19H20ClFN6O.C19H22ClFN6.C19H22F2N6.C16H16ClFN6O.C16H16F2N6O/c20-12-9-13(21)16(15-11-3-1-6-23-17(11)26-25-15)24-18(12)27-8-7-22-14(10-27)19(28)4-2-5-19;1-11(2)8-12-10-27(7-6-22-12)19-14(20)9-15(21)17(24-19)16-13-4-3-5-23-18(13)26-25-16;1-11(2)8-12-10-27(7-6-22-12)19-15(21)9-14(20)17(24-19)16-13-4-3-5-23-18(13)26-25-16;17-11-6-12(18)14(13-10-2-1-3-20-15(10)23-22-13)21-16(11)24-5-4-19-9(7-24)8-25;17-11-6-12(18)16(24-5-4-19-9(7-24)8-25)21-14(11)13-10-2-1-3-20-15(10)23-22-13/h1,3,6,9,14,22,28H,2,4-5,7-8,10H2,(H,23,25,26);2*3-5,9,11-12,22H,6-8,10H2,1-2H3,(H,23,25,26);2*1-3,6,9,19,25H,4-5,7-8H2,(H,20,22,23)/t;2*12-;2*9-/m.1100/s1. The molecule has 0 aromatic carbocycles. The molecule has 43 heteroatoms. The molecule has 132 heavy (non-hydrogen) atoms. The molecule has 5 aliphatic heterocycles. The third kappa shape index (κ3) is 20.0. The Kier molecular flexibility index (Phi) is 28.2. The number of H-pyrrole nitrogens is 5. The van der Waals surface area contributed by atoms with Crippen LogP contribution in [-0.2, 0) is 0 Å². The van der Waals surface area contributed by atoms with E-state index in [1.807, 2.05) is 32.9 Å². The van der Waals surface area contributed by atoms with E-state index in [-0.39, 0.29) is 87.5 Å². The lowest BCUT2D eigenvalue weighted by Gasteiger charge is -2.48. The molecule has 5 saturated heterocycles. The van der Waals surface area contributed by atoms with Crippen LogP contribution in [0.5, 0.6) is 0 Å².